The van der Waals surface area contributed by atoms with Crippen molar-refractivity contribution in [2.45, 2.75) is 19.4 Å². The largest absolute Gasteiger partial charge is 0.409 e. The fourth-order valence-corrected chi connectivity index (χ4v) is 1.87. The summed E-state index contributed by atoms with van der Waals surface area (Å²) in [6.07, 6.45) is 2.10. The molecule has 0 saturated heterocycles. The first kappa shape index (κ1) is 15.8. The van der Waals surface area contributed by atoms with Crippen molar-refractivity contribution in [3.63, 3.8) is 0 Å². The van der Waals surface area contributed by atoms with E-state index in [0.717, 1.165) is 31.6 Å². The van der Waals surface area contributed by atoms with Crippen LogP contribution in [0.5, 0.6) is 0 Å². The molecule has 0 aliphatic rings. The van der Waals surface area contributed by atoms with Crippen LogP contribution >= 0.6 is 11.6 Å². The first-order valence-corrected chi connectivity index (χ1v) is 6.52. The molecule has 0 heterocycles. The van der Waals surface area contributed by atoms with Crippen molar-refractivity contribution in [2.24, 2.45) is 10.9 Å². The zero-order chi connectivity index (χ0) is 14.1. The molecule has 0 bridgehead atoms. The average molecular weight is 286 g/mol. The molecule has 1 rings (SSSR count). The fraction of sp³-hybridized carbons (Fsp3) is 0.462. The van der Waals surface area contributed by atoms with Gasteiger partial charge in [-0.1, -0.05) is 28.9 Å². The van der Waals surface area contributed by atoms with Crippen LogP contribution in [0.3, 0.4) is 0 Å². The zero-order valence-electron chi connectivity index (χ0n) is 11.0. The van der Waals surface area contributed by atoms with Crippen LogP contribution in [-0.2, 0) is 11.3 Å². The third-order valence-corrected chi connectivity index (χ3v) is 3.08. The van der Waals surface area contributed by atoms with Crippen LogP contribution in [0.1, 0.15) is 24.0 Å². The Morgan fingerprint density at radius 1 is 1.47 bits per heavy atom. The van der Waals surface area contributed by atoms with Crippen LogP contribution in [0, 0.1) is 0 Å². The highest BCUT2D eigenvalue weighted by Gasteiger charge is 2.04. The molecule has 4 N–H and O–H groups in total. The van der Waals surface area contributed by atoms with Crippen LogP contribution < -0.4 is 11.1 Å². The summed E-state index contributed by atoms with van der Waals surface area (Å²) in [5, 5.41) is 15.4. The molecule has 0 fully saturated rings. The quantitative estimate of drug-likeness (QED) is 0.224. The van der Waals surface area contributed by atoms with Gasteiger partial charge >= 0.3 is 0 Å². The van der Waals surface area contributed by atoms with Gasteiger partial charge < -0.3 is 21.0 Å². The number of ether oxygens (including phenoxy) is 1. The van der Waals surface area contributed by atoms with Gasteiger partial charge in [0.1, 0.15) is 0 Å². The van der Waals surface area contributed by atoms with E-state index < -0.39 is 0 Å². The first-order valence-electron chi connectivity index (χ1n) is 6.15. The van der Waals surface area contributed by atoms with E-state index in [4.69, 9.17) is 27.3 Å². The number of nitrogens with one attached hydrogen (secondary N) is 1. The fourth-order valence-electron chi connectivity index (χ4n) is 1.63. The van der Waals surface area contributed by atoms with Crippen molar-refractivity contribution < 1.29 is 9.94 Å². The summed E-state index contributed by atoms with van der Waals surface area (Å²) in [5.74, 6) is 0.0565. The summed E-state index contributed by atoms with van der Waals surface area (Å²) in [7, 11) is 1.70. The Morgan fingerprint density at radius 2 is 2.26 bits per heavy atom. The second kappa shape index (κ2) is 8.74. The number of rotatable bonds is 8. The Bertz CT molecular complexity index is 424. The lowest BCUT2D eigenvalue weighted by Gasteiger charge is -2.08. The first-order chi connectivity index (χ1) is 9.19. The smallest absolute Gasteiger partial charge is 0.170 e. The van der Waals surface area contributed by atoms with Crippen LogP contribution in [0.2, 0.25) is 5.02 Å². The Balaban J connectivity index is 2.43. The summed E-state index contributed by atoms with van der Waals surface area (Å²) >= 11 is 6.14. The molecule has 0 radical (unpaired) electrons. The van der Waals surface area contributed by atoms with Crippen LogP contribution in [-0.4, -0.2) is 31.3 Å². The molecule has 0 amide bonds. The minimum Gasteiger partial charge on any atom is -0.409 e. The molecule has 0 unspecified atom stereocenters. The van der Waals surface area contributed by atoms with Gasteiger partial charge in [0.15, 0.2) is 5.84 Å². The van der Waals surface area contributed by atoms with Crippen LogP contribution in [0.15, 0.2) is 23.4 Å². The lowest BCUT2D eigenvalue weighted by atomic mass is 10.1. The number of oxime groups is 1. The van der Waals surface area contributed by atoms with Crippen LogP contribution in [0.25, 0.3) is 0 Å². The zero-order valence-corrected chi connectivity index (χ0v) is 11.8. The van der Waals surface area contributed by atoms with Crippen molar-refractivity contribution in [2.75, 3.05) is 20.3 Å². The predicted octanol–water partition coefficient (Wildman–Crippen LogP) is 1.95. The highest BCUT2D eigenvalue weighted by Crippen LogP contribution is 2.17. The van der Waals surface area contributed by atoms with Crippen molar-refractivity contribution >= 4 is 17.4 Å². The number of nitrogens with two attached hydrogens (primary N) is 1. The average Bonchev–Trinajstić information content (AvgIpc) is 2.43. The van der Waals surface area contributed by atoms with Gasteiger partial charge in [-0.25, -0.2) is 0 Å². The van der Waals surface area contributed by atoms with Gasteiger partial charge in [0.05, 0.1) is 0 Å². The Kier molecular flexibility index (Phi) is 7.25. The normalized spacial score (nSPS) is 11.8. The molecule has 6 heteroatoms. The number of halogens is 1. The van der Waals surface area contributed by atoms with Crippen molar-refractivity contribution in [3.8, 4) is 0 Å². The molecule has 0 aliphatic carbocycles. The third-order valence-electron chi connectivity index (χ3n) is 2.72. The maximum Gasteiger partial charge on any atom is 0.170 e. The SMILES string of the molecule is COCCCCNCc1ccc(/C(N)=N/O)cc1Cl. The van der Waals surface area contributed by atoms with Crippen molar-refractivity contribution in [1.29, 1.82) is 0 Å². The van der Waals surface area contributed by atoms with Gasteiger partial charge in [-0.05, 0) is 31.0 Å². The number of hydrogen-bond acceptors (Lipinski definition) is 4. The van der Waals surface area contributed by atoms with Crippen molar-refractivity contribution in [1.82, 2.24) is 5.32 Å². The number of amidine groups is 1. The van der Waals surface area contributed by atoms with E-state index in [0.29, 0.717) is 17.1 Å². The molecule has 0 saturated carbocycles. The topological polar surface area (TPSA) is 79.9 Å². The van der Waals surface area contributed by atoms with Gasteiger partial charge in [0.2, 0.25) is 0 Å². The molecule has 0 aliphatic heterocycles. The molecule has 5 nitrogen and oxygen atoms in total. The van der Waals surface area contributed by atoms with Crippen molar-refractivity contribution in [3.05, 3.63) is 34.3 Å². The van der Waals surface area contributed by atoms with Crippen LogP contribution in [0.4, 0.5) is 0 Å². The van der Waals surface area contributed by atoms with E-state index in [2.05, 4.69) is 10.5 Å². The maximum absolute atomic E-state index is 8.59. The Morgan fingerprint density at radius 3 is 2.89 bits per heavy atom. The number of methoxy groups -OCH3 is 1. The molecule has 0 atom stereocenters. The molecule has 1 aromatic rings. The summed E-state index contributed by atoms with van der Waals surface area (Å²) in [5.41, 5.74) is 7.09. The van der Waals surface area contributed by atoms with E-state index in [1.165, 1.54) is 0 Å². The van der Waals surface area contributed by atoms with Gasteiger partial charge in [-0.2, -0.15) is 0 Å². The third kappa shape index (κ3) is 5.46. The number of nitrogens with zero attached hydrogens (tertiary/aromatic N) is 1. The highest BCUT2D eigenvalue weighted by molar-refractivity contribution is 6.31. The molecule has 106 valence electrons. The minimum atomic E-state index is 0.0565. The summed E-state index contributed by atoms with van der Waals surface area (Å²) in [6.45, 7) is 2.40. The van der Waals surface area contributed by atoms with E-state index in [1.54, 1.807) is 19.2 Å². The predicted molar refractivity (Wildman–Crippen MR) is 76.8 cm³/mol. The van der Waals surface area contributed by atoms with Gasteiger partial charge in [0, 0.05) is 30.8 Å². The number of hydrogen-bond donors (Lipinski definition) is 3. The standard InChI is InChI=1S/C13H20ClN3O2/c1-19-7-3-2-6-16-9-11-5-4-10(8-12(11)14)13(15)17-18/h4-5,8,16,18H,2-3,6-7,9H2,1H3,(H2,15,17). The Hall–Kier alpha value is -1.30. The summed E-state index contributed by atoms with van der Waals surface area (Å²) in [6, 6.07) is 5.35. The molecule has 19 heavy (non-hydrogen) atoms. The van der Waals surface area contributed by atoms with Gasteiger partial charge in [-0.15, -0.1) is 0 Å². The summed E-state index contributed by atoms with van der Waals surface area (Å²) < 4.78 is 4.98. The highest BCUT2D eigenvalue weighted by atomic mass is 35.5. The molecular formula is C13H20ClN3O2. The number of benzene rings is 1. The Labute approximate surface area is 118 Å². The van der Waals surface area contributed by atoms with E-state index in [-0.39, 0.29) is 5.84 Å². The molecule has 0 spiro atoms. The van der Waals surface area contributed by atoms with E-state index >= 15 is 0 Å². The number of unbranched alkanes of at least 4 members (excludes halogenated alkanes) is 1. The maximum atomic E-state index is 8.59. The summed E-state index contributed by atoms with van der Waals surface area (Å²) in [4.78, 5) is 0. The molecule has 0 aromatic heterocycles. The molecule has 1 aromatic carbocycles. The monoisotopic (exact) mass is 285 g/mol. The lowest BCUT2D eigenvalue weighted by Crippen LogP contribution is -2.16. The lowest BCUT2D eigenvalue weighted by molar-refractivity contribution is 0.192. The molecular weight excluding hydrogens is 266 g/mol. The second-order valence-electron chi connectivity index (χ2n) is 4.17. The minimum absolute atomic E-state index is 0.0565. The van der Waals surface area contributed by atoms with E-state index in [1.807, 2.05) is 6.07 Å². The van der Waals surface area contributed by atoms with E-state index in [9.17, 15) is 0 Å². The second-order valence-corrected chi connectivity index (χ2v) is 4.58. The van der Waals surface area contributed by atoms with Gasteiger partial charge in [0.25, 0.3) is 0 Å². The van der Waals surface area contributed by atoms with Gasteiger partial charge in [-0.3, -0.25) is 0 Å².